The number of nitrogens with one attached hydrogen (secondary N) is 1. The normalized spacial score (nSPS) is 16.4. The Morgan fingerprint density at radius 1 is 1.24 bits per heavy atom. The number of nitrogens with zero attached hydrogens (tertiary/aromatic N) is 2. The summed E-state index contributed by atoms with van der Waals surface area (Å²) >= 11 is 5.70. The third-order valence-electron chi connectivity index (χ3n) is 3.70. The summed E-state index contributed by atoms with van der Waals surface area (Å²) in [5.41, 5.74) is 1.11. The van der Waals surface area contributed by atoms with Gasteiger partial charge < -0.3 is 5.32 Å². The molecule has 1 aliphatic carbocycles. The average Bonchev–Trinajstić information content (AvgIpc) is 2.91. The summed E-state index contributed by atoms with van der Waals surface area (Å²) < 4.78 is 1.01. The molecule has 0 bridgehead atoms. The minimum Gasteiger partial charge on any atom is -0.369 e. The minimum absolute atomic E-state index is 0.0126. The van der Waals surface area contributed by atoms with Crippen molar-refractivity contribution in [2.45, 2.75) is 69.8 Å². The first kappa shape index (κ1) is 17.1. The molecule has 1 fully saturated rings. The number of hydrogen-bond donors (Lipinski definition) is 1. The van der Waals surface area contributed by atoms with Gasteiger partial charge in [-0.2, -0.15) is 11.8 Å². The molecule has 0 unspecified atom stereocenters. The highest BCUT2D eigenvalue weighted by Gasteiger charge is 2.23. The Hall–Kier alpha value is -0.290. The summed E-state index contributed by atoms with van der Waals surface area (Å²) in [5, 5.41) is 4.15. The fraction of sp³-hybridized carbons (Fsp3) is 0.750. The van der Waals surface area contributed by atoms with E-state index in [-0.39, 0.29) is 5.41 Å². The Morgan fingerprint density at radius 3 is 2.48 bits per heavy atom. The van der Waals surface area contributed by atoms with Crippen LogP contribution in [0.15, 0.2) is 4.47 Å². The highest BCUT2D eigenvalue weighted by atomic mass is 79.9. The molecule has 0 aromatic carbocycles. The van der Waals surface area contributed by atoms with E-state index in [1.54, 1.807) is 0 Å². The van der Waals surface area contributed by atoms with Crippen LogP contribution >= 0.6 is 27.7 Å². The average molecular weight is 372 g/mol. The summed E-state index contributed by atoms with van der Waals surface area (Å²) in [5.74, 6) is 2.80. The van der Waals surface area contributed by atoms with Crippen LogP contribution in [0.5, 0.6) is 0 Å². The lowest BCUT2D eigenvalue weighted by Gasteiger charge is -2.22. The maximum atomic E-state index is 4.83. The van der Waals surface area contributed by atoms with E-state index in [4.69, 9.17) is 9.97 Å². The third-order valence-corrected chi connectivity index (χ3v) is 5.82. The van der Waals surface area contributed by atoms with E-state index in [1.165, 1.54) is 25.7 Å². The molecule has 1 aromatic rings. The molecule has 3 nitrogen and oxygen atoms in total. The van der Waals surface area contributed by atoms with Crippen LogP contribution < -0.4 is 5.32 Å². The molecule has 1 N–H and O–H groups in total. The molecular weight excluding hydrogens is 346 g/mol. The van der Waals surface area contributed by atoms with E-state index in [1.807, 2.05) is 11.8 Å². The lowest BCUT2D eigenvalue weighted by atomic mass is 9.92. The first-order valence-corrected chi connectivity index (χ1v) is 9.68. The van der Waals surface area contributed by atoms with Crippen LogP contribution in [0.4, 0.5) is 5.82 Å². The number of aromatic nitrogens is 2. The van der Waals surface area contributed by atoms with E-state index < -0.39 is 0 Å². The van der Waals surface area contributed by atoms with Gasteiger partial charge in [0.2, 0.25) is 0 Å². The molecule has 0 aliphatic heterocycles. The standard InChI is InChI=1S/C16H26BrN3S/c1-5-18-15-13(17)14(16(2,3)4)19-12(20-15)10-21-11-8-6-7-9-11/h11H,5-10H2,1-4H3,(H,18,19,20). The number of rotatable bonds is 5. The largest absolute Gasteiger partial charge is 0.369 e. The molecule has 5 heteroatoms. The lowest BCUT2D eigenvalue weighted by molar-refractivity contribution is 0.560. The number of hydrogen-bond acceptors (Lipinski definition) is 4. The minimum atomic E-state index is 0.0126. The van der Waals surface area contributed by atoms with Gasteiger partial charge in [0, 0.05) is 17.2 Å². The van der Waals surface area contributed by atoms with Crippen molar-refractivity contribution in [3.05, 3.63) is 16.0 Å². The quantitative estimate of drug-likeness (QED) is 0.776. The predicted octanol–water partition coefficient (Wildman–Crippen LogP) is 5.14. The molecule has 0 amide bonds. The molecule has 21 heavy (non-hydrogen) atoms. The van der Waals surface area contributed by atoms with Gasteiger partial charge in [-0.05, 0) is 35.7 Å². The van der Waals surface area contributed by atoms with Crippen LogP contribution in [0.25, 0.3) is 0 Å². The third kappa shape index (κ3) is 4.59. The van der Waals surface area contributed by atoms with Crippen molar-refractivity contribution in [2.75, 3.05) is 11.9 Å². The first-order chi connectivity index (χ1) is 9.91. The molecule has 1 heterocycles. The van der Waals surface area contributed by atoms with E-state index in [0.717, 1.165) is 39.4 Å². The number of thioether (sulfide) groups is 1. The number of anilines is 1. The zero-order valence-electron chi connectivity index (χ0n) is 13.5. The summed E-state index contributed by atoms with van der Waals surface area (Å²) in [4.78, 5) is 9.54. The summed E-state index contributed by atoms with van der Waals surface area (Å²) in [6.45, 7) is 9.56. The first-order valence-electron chi connectivity index (χ1n) is 7.84. The Kier molecular flexibility index (Phi) is 5.95. The second kappa shape index (κ2) is 7.32. The van der Waals surface area contributed by atoms with Gasteiger partial charge in [-0.15, -0.1) is 0 Å². The van der Waals surface area contributed by atoms with Gasteiger partial charge in [-0.25, -0.2) is 9.97 Å². The molecule has 118 valence electrons. The van der Waals surface area contributed by atoms with Gasteiger partial charge in [-0.1, -0.05) is 33.6 Å². The van der Waals surface area contributed by atoms with Crippen LogP contribution in [0.3, 0.4) is 0 Å². The van der Waals surface area contributed by atoms with E-state index >= 15 is 0 Å². The van der Waals surface area contributed by atoms with E-state index in [9.17, 15) is 0 Å². The van der Waals surface area contributed by atoms with Gasteiger partial charge in [0.05, 0.1) is 15.9 Å². The van der Waals surface area contributed by atoms with Gasteiger partial charge in [0.1, 0.15) is 11.6 Å². The number of halogens is 1. The molecule has 1 saturated carbocycles. The molecule has 0 spiro atoms. The second-order valence-electron chi connectivity index (χ2n) is 6.65. The highest BCUT2D eigenvalue weighted by Crippen LogP contribution is 2.35. The van der Waals surface area contributed by atoms with Gasteiger partial charge in [-0.3, -0.25) is 0 Å². The Labute approximate surface area is 141 Å². The molecule has 1 aliphatic rings. The van der Waals surface area contributed by atoms with Crippen molar-refractivity contribution in [3.8, 4) is 0 Å². The monoisotopic (exact) mass is 371 g/mol. The van der Waals surface area contributed by atoms with Crippen molar-refractivity contribution >= 4 is 33.5 Å². The predicted molar refractivity (Wildman–Crippen MR) is 96.1 cm³/mol. The molecule has 2 rings (SSSR count). The Morgan fingerprint density at radius 2 is 1.90 bits per heavy atom. The highest BCUT2D eigenvalue weighted by molar-refractivity contribution is 9.10. The zero-order valence-corrected chi connectivity index (χ0v) is 15.9. The lowest BCUT2D eigenvalue weighted by Crippen LogP contribution is -2.18. The van der Waals surface area contributed by atoms with Crippen LogP contribution in [0, 0.1) is 0 Å². The van der Waals surface area contributed by atoms with Crippen LogP contribution in [-0.4, -0.2) is 21.8 Å². The SMILES string of the molecule is CCNc1nc(CSC2CCCC2)nc(C(C)(C)C)c1Br. The molecule has 0 atom stereocenters. The van der Waals surface area contributed by atoms with Crippen LogP contribution in [0.1, 0.15) is 64.9 Å². The topological polar surface area (TPSA) is 37.8 Å². The summed E-state index contributed by atoms with van der Waals surface area (Å²) in [6.07, 6.45) is 5.48. The maximum Gasteiger partial charge on any atom is 0.144 e. The van der Waals surface area contributed by atoms with Gasteiger partial charge >= 0.3 is 0 Å². The van der Waals surface area contributed by atoms with Crippen molar-refractivity contribution in [1.29, 1.82) is 0 Å². The molecule has 0 radical (unpaired) electrons. The molecule has 0 saturated heterocycles. The van der Waals surface area contributed by atoms with Crippen LogP contribution in [0.2, 0.25) is 0 Å². The summed E-state index contributed by atoms with van der Waals surface area (Å²) in [6, 6.07) is 0. The van der Waals surface area contributed by atoms with Crippen molar-refractivity contribution in [1.82, 2.24) is 9.97 Å². The smallest absolute Gasteiger partial charge is 0.144 e. The fourth-order valence-corrected chi connectivity index (χ4v) is 4.68. The van der Waals surface area contributed by atoms with E-state index in [2.05, 4.69) is 48.9 Å². The summed E-state index contributed by atoms with van der Waals surface area (Å²) in [7, 11) is 0. The Bertz CT molecular complexity index is 479. The molecular formula is C16H26BrN3S. The Balaban J connectivity index is 2.21. The van der Waals surface area contributed by atoms with E-state index in [0.29, 0.717) is 0 Å². The van der Waals surface area contributed by atoms with Crippen molar-refractivity contribution < 1.29 is 0 Å². The van der Waals surface area contributed by atoms with Gasteiger partial charge in [0.25, 0.3) is 0 Å². The van der Waals surface area contributed by atoms with Crippen molar-refractivity contribution in [2.24, 2.45) is 0 Å². The van der Waals surface area contributed by atoms with Gasteiger partial charge in [0.15, 0.2) is 0 Å². The fourth-order valence-electron chi connectivity index (χ4n) is 2.59. The second-order valence-corrected chi connectivity index (χ2v) is 8.73. The molecule has 1 aromatic heterocycles. The van der Waals surface area contributed by atoms with Crippen molar-refractivity contribution in [3.63, 3.8) is 0 Å². The maximum absolute atomic E-state index is 4.83. The zero-order chi connectivity index (χ0) is 15.5. The van der Waals surface area contributed by atoms with Crippen LogP contribution in [-0.2, 0) is 11.2 Å².